The van der Waals surface area contributed by atoms with E-state index in [9.17, 15) is 19.4 Å². The lowest BCUT2D eigenvalue weighted by Crippen LogP contribution is -2.00. The van der Waals surface area contributed by atoms with E-state index >= 15 is 0 Å². The Bertz CT molecular complexity index is 406. The van der Waals surface area contributed by atoms with Gasteiger partial charge in [0.2, 0.25) is 0 Å². The predicted molar refractivity (Wildman–Crippen MR) is 54.1 cm³/mol. The van der Waals surface area contributed by atoms with Crippen molar-refractivity contribution >= 4 is 16.8 Å². The lowest BCUT2D eigenvalue weighted by molar-refractivity contribution is -0.384. The number of hydrogen-bond acceptors (Lipinski definition) is 4. The highest BCUT2D eigenvalue weighted by Gasteiger charge is 2.10. The zero-order valence-electron chi connectivity index (χ0n) is 7.62. The second-order valence-electron chi connectivity index (χ2n) is 2.85. The number of phenols is 1. The summed E-state index contributed by atoms with van der Waals surface area (Å²) in [6.07, 6.45) is 0.122. The number of phenolic OH excluding ortho intramolecular Hbond substituents is 1. The Hall–Kier alpha value is -1.47. The van der Waals surface area contributed by atoms with Crippen molar-refractivity contribution in [2.24, 2.45) is 0 Å². The van der Waals surface area contributed by atoms with Crippen molar-refractivity contribution < 1.29 is 18.8 Å². The molecule has 0 saturated carbocycles. The molecule has 1 rings (SSSR count). The second-order valence-corrected chi connectivity index (χ2v) is 3.90. The molecule has 1 aromatic rings. The van der Waals surface area contributed by atoms with Gasteiger partial charge in [0.05, 0.1) is 10.7 Å². The van der Waals surface area contributed by atoms with Crippen molar-refractivity contribution in [1.82, 2.24) is 0 Å². The Morgan fingerprint density at radius 1 is 1.47 bits per heavy atom. The summed E-state index contributed by atoms with van der Waals surface area (Å²) in [5, 5.41) is 19.7. The van der Waals surface area contributed by atoms with Crippen molar-refractivity contribution in [1.29, 1.82) is 0 Å². The van der Waals surface area contributed by atoms with E-state index in [2.05, 4.69) is 0 Å². The molecule has 0 amide bonds. The largest absolute Gasteiger partial charge is 0.508 e. The molecule has 1 atom stereocenters. The van der Waals surface area contributed by atoms with Gasteiger partial charge in [0.1, 0.15) is 5.75 Å². The molecule has 82 valence electrons. The van der Waals surface area contributed by atoms with E-state index in [1.165, 1.54) is 18.2 Å². The summed E-state index contributed by atoms with van der Waals surface area (Å²) in [7, 11) is 0. The van der Waals surface area contributed by atoms with E-state index in [4.69, 9.17) is 4.55 Å². The minimum absolute atomic E-state index is 0.0608. The van der Waals surface area contributed by atoms with Gasteiger partial charge in [0.15, 0.2) is 11.1 Å². The van der Waals surface area contributed by atoms with E-state index in [0.717, 1.165) is 0 Å². The maximum atomic E-state index is 10.4. The molecule has 0 spiro atoms. The summed E-state index contributed by atoms with van der Waals surface area (Å²) < 4.78 is 18.9. The number of aromatic hydroxyl groups is 1. The lowest BCUT2D eigenvalue weighted by Gasteiger charge is -2.02. The van der Waals surface area contributed by atoms with Crippen molar-refractivity contribution in [3.8, 4) is 5.75 Å². The Morgan fingerprint density at radius 2 is 2.13 bits per heavy atom. The van der Waals surface area contributed by atoms with Gasteiger partial charge in [-0.05, 0) is 12.5 Å². The van der Waals surface area contributed by atoms with Crippen LogP contribution in [0.15, 0.2) is 18.2 Å². The van der Waals surface area contributed by atoms with Crippen LogP contribution in [0, 0.1) is 10.1 Å². The quantitative estimate of drug-likeness (QED) is 0.458. The summed E-state index contributed by atoms with van der Waals surface area (Å²) >= 11 is -1.97. The zero-order valence-corrected chi connectivity index (χ0v) is 8.44. The molecule has 6 nitrogen and oxygen atoms in total. The van der Waals surface area contributed by atoms with Crippen LogP contribution in [0.2, 0.25) is 0 Å². The van der Waals surface area contributed by atoms with Gasteiger partial charge in [-0.3, -0.25) is 10.1 Å². The molecule has 0 aliphatic heterocycles. The smallest absolute Gasteiger partial charge is 0.269 e. The molecule has 0 saturated heterocycles. The summed E-state index contributed by atoms with van der Waals surface area (Å²) in [5.41, 5.74) is 0.151. The van der Waals surface area contributed by atoms with Crippen LogP contribution >= 0.6 is 0 Å². The van der Waals surface area contributed by atoms with Crippen LogP contribution < -0.4 is 0 Å². The average molecular weight is 231 g/mol. The fraction of sp³-hybridized carbons (Fsp3) is 0.250. The standard InChI is InChI=1S/C8H9NO5S/c10-8-2-1-7(9(11)12)5-6(8)3-4-15(13)14/h1-2,5,10H,3-4H2,(H,13,14). The number of aryl methyl sites for hydroxylation is 1. The van der Waals surface area contributed by atoms with Gasteiger partial charge in [-0.1, -0.05) is 0 Å². The molecule has 0 aliphatic rings. The number of nitro benzene ring substituents is 1. The normalized spacial score (nSPS) is 12.3. The highest BCUT2D eigenvalue weighted by atomic mass is 32.2. The third-order valence-electron chi connectivity index (χ3n) is 1.82. The van der Waals surface area contributed by atoms with Gasteiger partial charge >= 0.3 is 0 Å². The molecule has 7 heteroatoms. The van der Waals surface area contributed by atoms with Crippen molar-refractivity contribution in [3.63, 3.8) is 0 Å². The molecule has 0 bridgehead atoms. The summed E-state index contributed by atoms with van der Waals surface area (Å²) in [6, 6.07) is 3.57. The Labute approximate surface area is 88.0 Å². The second kappa shape index (κ2) is 4.85. The van der Waals surface area contributed by atoms with Gasteiger partial charge in [-0.2, -0.15) is 0 Å². The molecule has 0 aliphatic carbocycles. The number of nitro groups is 1. The molecule has 2 N–H and O–H groups in total. The third kappa shape index (κ3) is 3.30. The SMILES string of the molecule is O=[N+]([O-])c1ccc(O)c(CCS(=O)O)c1. The topological polar surface area (TPSA) is 101 Å². The van der Waals surface area contributed by atoms with Crippen LogP contribution in [0.5, 0.6) is 5.75 Å². The van der Waals surface area contributed by atoms with Crippen LogP contribution in [0.1, 0.15) is 5.56 Å². The fourth-order valence-electron chi connectivity index (χ4n) is 1.08. The Balaban J connectivity index is 2.90. The maximum absolute atomic E-state index is 10.4. The number of benzene rings is 1. The molecule has 0 fully saturated rings. The number of nitrogens with zero attached hydrogens (tertiary/aromatic N) is 1. The molecule has 15 heavy (non-hydrogen) atoms. The summed E-state index contributed by atoms with van der Waals surface area (Å²) in [4.78, 5) is 9.83. The first-order chi connectivity index (χ1) is 7.00. The summed E-state index contributed by atoms with van der Waals surface area (Å²) in [6.45, 7) is 0. The van der Waals surface area contributed by atoms with Gasteiger partial charge < -0.3 is 9.66 Å². The van der Waals surface area contributed by atoms with E-state index < -0.39 is 16.0 Å². The predicted octanol–water partition coefficient (Wildman–Crippen LogP) is 1.06. The van der Waals surface area contributed by atoms with Gasteiger partial charge in [0.25, 0.3) is 5.69 Å². The number of hydrogen-bond donors (Lipinski definition) is 2. The van der Waals surface area contributed by atoms with E-state index in [1.807, 2.05) is 0 Å². The van der Waals surface area contributed by atoms with Crippen LogP contribution in [0.4, 0.5) is 5.69 Å². The van der Waals surface area contributed by atoms with E-state index in [0.29, 0.717) is 5.56 Å². The van der Waals surface area contributed by atoms with E-state index in [1.54, 1.807) is 0 Å². The van der Waals surface area contributed by atoms with Gasteiger partial charge in [0, 0.05) is 17.7 Å². The first-order valence-corrected chi connectivity index (χ1v) is 5.32. The third-order valence-corrected chi connectivity index (χ3v) is 2.37. The molecule has 0 radical (unpaired) electrons. The lowest BCUT2D eigenvalue weighted by atomic mass is 10.1. The van der Waals surface area contributed by atoms with Crippen LogP contribution in [0.3, 0.4) is 0 Å². The van der Waals surface area contributed by atoms with Crippen molar-refractivity contribution in [2.75, 3.05) is 5.75 Å². The molecule has 0 heterocycles. The Morgan fingerprint density at radius 3 is 2.67 bits per heavy atom. The monoisotopic (exact) mass is 231 g/mol. The first kappa shape index (κ1) is 11.6. The highest BCUT2D eigenvalue weighted by molar-refractivity contribution is 7.79. The number of rotatable bonds is 4. The van der Waals surface area contributed by atoms with Crippen LogP contribution in [-0.2, 0) is 17.5 Å². The van der Waals surface area contributed by atoms with Crippen molar-refractivity contribution in [3.05, 3.63) is 33.9 Å². The summed E-state index contributed by atoms with van der Waals surface area (Å²) in [5.74, 6) is -0.166. The molecular weight excluding hydrogens is 222 g/mol. The van der Waals surface area contributed by atoms with Crippen LogP contribution in [-0.4, -0.2) is 24.5 Å². The molecule has 1 aromatic carbocycles. The van der Waals surface area contributed by atoms with Gasteiger partial charge in [-0.15, -0.1) is 0 Å². The van der Waals surface area contributed by atoms with Crippen LogP contribution in [0.25, 0.3) is 0 Å². The average Bonchev–Trinajstić information content (AvgIpc) is 2.16. The molecular formula is C8H9NO5S. The highest BCUT2D eigenvalue weighted by Crippen LogP contribution is 2.23. The molecule has 0 aromatic heterocycles. The molecule has 1 unspecified atom stereocenters. The first-order valence-electron chi connectivity index (χ1n) is 4.04. The Kier molecular flexibility index (Phi) is 3.75. The minimum atomic E-state index is -1.97. The minimum Gasteiger partial charge on any atom is -0.508 e. The fourth-order valence-corrected chi connectivity index (χ4v) is 1.48. The van der Waals surface area contributed by atoms with E-state index in [-0.39, 0.29) is 23.6 Å². The maximum Gasteiger partial charge on any atom is 0.269 e. The van der Waals surface area contributed by atoms with Crippen molar-refractivity contribution in [2.45, 2.75) is 6.42 Å². The van der Waals surface area contributed by atoms with Gasteiger partial charge in [-0.25, -0.2) is 4.21 Å². The zero-order chi connectivity index (χ0) is 11.4. The number of non-ortho nitro benzene ring substituents is 1.